The molecule has 0 bridgehead atoms. The van der Waals surface area contributed by atoms with E-state index in [2.05, 4.69) is 29.6 Å². The van der Waals surface area contributed by atoms with E-state index < -0.39 is 0 Å². The topological polar surface area (TPSA) is 20.2 Å². The van der Waals surface area contributed by atoms with E-state index in [1.807, 2.05) is 0 Å². The first kappa shape index (κ1) is 13.1. The summed E-state index contributed by atoms with van der Waals surface area (Å²) in [5.41, 5.74) is 1.14. The van der Waals surface area contributed by atoms with Crippen molar-refractivity contribution < 1.29 is 5.11 Å². The lowest BCUT2D eigenvalue weighted by molar-refractivity contribution is 0.141. The van der Waals surface area contributed by atoms with E-state index in [9.17, 15) is 5.11 Å². The molecule has 1 aromatic heterocycles. The number of rotatable bonds is 3. The molecule has 0 radical (unpaired) electrons. The Bertz CT molecular complexity index is 523. The van der Waals surface area contributed by atoms with Gasteiger partial charge in [0.15, 0.2) is 0 Å². The second kappa shape index (κ2) is 6.06. The van der Waals surface area contributed by atoms with Crippen LogP contribution in [0.4, 0.5) is 0 Å². The van der Waals surface area contributed by atoms with Crippen LogP contribution >= 0.6 is 11.3 Å². The van der Waals surface area contributed by atoms with Gasteiger partial charge in [0, 0.05) is 4.70 Å². The average Bonchev–Trinajstić information content (AvgIpc) is 2.70. The van der Waals surface area contributed by atoms with Gasteiger partial charge in [0.1, 0.15) is 0 Å². The third-order valence-electron chi connectivity index (χ3n) is 4.40. The highest BCUT2D eigenvalue weighted by atomic mass is 32.1. The molecule has 1 aliphatic rings. The highest BCUT2D eigenvalue weighted by Crippen LogP contribution is 2.36. The lowest BCUT2D eigenvalue weighted by Gasteiger charge is -2.18. The number of aliphatic hydroxyl groups excluding tert-OH is 1. The summed E-state index contributed by atoms with van der Waals surface area (Å²) < 4.78 is 1.29. The quantitative estimate of drug-likeness (QED) is 0.753. The van der Waals surface area contributed by atoms with Crippen LogP contribution in [0.5, 0.6) is 0 Å². The number of hydrogen-bond acceptors (Lipinski definition) is 2. The zero-order valence-electron chi connectivity index (χ0n) is 11.3. The van der Waals surface area contributed by atoms with Crippen molar-refractivity contribution in [2.45, 2.75) is 51.0 Å². The molecular weight excluding hydrogens is 252 g/mol. The van der Waals surface area contributed by atoms with Crippen LogP contribution in [0.1, 0.15) is 56.6 Å². The first-order chi connectivity index (χ1) is 9.34. The molecule has 0 aliphatic heterocycles. The largest absolute Gasteiger partial charge is 0.388 e. The number of aliphatic hydroxyl groups is 1. The summed E-state index contributed by atoms with van der Waals surface area (Å²) in [5.74, 6) is 0.719. The van der Waals surface area contributed by atoms with Crippen LogP contribution < -0.4 is 0 Å². The second-order valence-electron chi connectivity index (χ2n) is 5.80. The normalized spacial score (nSPS) is 19.4. The van der Waals surface area contributed by atoms with E-state index in [-0.39, 0.29) is 6.10 Å². The molecule has 0 spiro atoms. The molecule has 1 aromatic carbocycles. The molecule has 1 saturated carbocycles. The van der Waals surface area contributed by atoms with Crippen LogP contribution in [0.3, 0.4) is 0 Å². The number of hydrogen-bond donors (Lipinski definition) is 1. The lowest BCUT2D eigenvalue weighted by Crippen LogP contribution is -2.06. The second-order valence-corrected chi connectivity index (χ2v) is 6.71. The van der Waals surface area contributed by atoms with Gasteiger partial charge in [0.2, 0.25) is 0 Å². The molecule has 3 rings (SSSR count). The summed E-state index contributed by atoms with van der Waals surface area (Å²) in [6.45, 7) is 0. The molecule has 1 fully saturated rings. The molecular formula is C17H22OS. The monoisotopic (exact) mass is 274 g/mol. The van der Waals surface area contributed by atoms with Crippen LogP contribution in [0, 0.1) is 5.92 Å². The Morgan fingerprint density at radius 2 is 1.84 bits per heavy atom. The molecule has 19 heavy (non-hydrogen) atoms. The number of thiophene rings is 1. The van der Waals surface area contributed by atoms with Crippen molar-refractivity contribution in [3.05, 3.63) is 35.2 Å². The van der Waals surface area contributed by atoms with Crippen LogP contribution in [0.15, 0.2) is 29.6 Å². The Kier molecular flexibility index (Phi) is 4.19. The molecule has 1 atom stereocenters. The summed E-state index contributed by atoms with van der Waals surface area (Å²) in [5, 5.41) is 13.9. The number of benzene rings is 1. The van der Waals surface area contributed by atoms with Crippen LogP contribution in [-0.4, -0.2) is 5.11 Å². The number of fused-ring (bicyclic) bond motifs is 1. The Balaban J connectivity index is 1.74. The summed E-state index contributed by atoms with van der Waals surface area (Å²) >= 11 is 1.75. The highest BCUT2D eigenvalue weighted by Gasteiger charge is 2.19. The van der Waals surface area contributed by atoms with E-state index in [1.165, 1.54) is 48.6 Å². The maximum absolute atomic E-state index is 10.6. The van der Waals surface area contributed by atoms with Gasteiger partial charge in [-0.05, 0) is 34.7 Å². The average molecular weight is 274 g/mol. The molecule has 1 nitrogen and oxygen atoms in total. The molecule has 1 aliphatic carbocycles. The minimum absolute atomic E-state index is 0.278. The Hall–Kier alpha value is -0.860. The molecule has 0 saturated heterocycles. The summed E-state index contributed by atoms with van der Waals surface area (Å²) in [6, 6.07) is 8.41. The molecule has 102 valence electrons. The van der Waals surface area contributed by atoms with Crippen LogP contribution in [0.25, 0.3) is 10.1 Å². The van der Waals surface area contributed by atoms with E-state index in [0.29, 0.717) is 0 Å². The van der Waals surface area contributed by atoms with Crippen molar-refractivity contribution in [3.63, 3.8) is 0 Å². The van der Waals surface area contributed by atoms with Crippen molar-refractivity contribution >= 4 is 21.4 Å². The third kappa shape index (κ3) is 3.01. The SMILES string of the molecule is OC(CC1CCCCCC1)c1csc2ccccc12. The molecule has 1 unspecified atom stereocenters. The Labute approximate surface area is 119 Å². The van der Waals surface area contributed by atoms with Gasteiger partial charge in [-0.25, -0.2) is 0 Å². The first-order valence-electron chi connectivity index (χ1n) is 7.49. The van der Waals surface area contributed by atoms with E-state index in [0.717, 1.165) is 17.9 Å². The van der Waals surface area contributed by atoms with Gasteiger partial charge in [0.05, 0.1) is 6.10 Å². The standard InChI is InChI=1S/C17H22OS/c18-16(11-13-7-3-1-2-4-8-13)15-12-19-17-10-6-5-9-14(15)17/h5-6,9-10,12-13,16,18H,1-4,7-8,11H2. The van der Waals surface area contributed by atoms with Crippen molar-refractivity contribution in [2.75, 3.05) is 0 Å². The maximum Gasteiger partial charge on any atom is 0.0806 e. The summed E-state index contributed by atoms with van der Waals surface area (Å²) in [4.78, 5) is 0. The molecule has 0 amide bonds. The van der Waals surface area contributed by atoms with Gasteiger partial charge in [0.25, 0.3) is 0 Å². The zero-order valence-corrected chi connectivity index (χ0v) is 12.2. The summed E-state index contributed by atoms with van der Waals surface area (Å²) in [6.07, 6.45) is 8.74. The van der Waals surface area contributed by atoms with Crippen LogP contribution in [0.2, 0.25) is 0 Å². The fraction of sp³-hybridized carbons (Fsp3) is 0.529. The van der Waals surface area contributed by atoms with E-state index in [4.69, 9.17) is 0 Å². The van der Waals surface area contributed by atoms with Gasteiger partial charge in [-0.1, -0.05) is 56.7 Å². The maximum atomic E-state index is 10.6. The van der Waals surface area contributed by atoms with Gasteiger partial charge >= 0.3 is 0 Å². The first-order valence-corrected chi connectivity index (χ1v) is 8.37. The van der Waals surface area contributed by atoms with Gasteiger partial charge in [-0.15, -0.1) is 11.3 Å². The molecule has 2 aromatic rings. The van der Waals surface area contributed by atoms with Crippen molar-refractivity contribution in [2.24, 2.45) is 5.92 Å². The Morgan fingerprint density at radius 1 is 1.11 bits per heavy atom. The fourth-order valence-corrected chi connectivity index (χ4v) is 4.31. The van der Waals surface area contributed by atoms with Gasteiger partial charge < -0.3 is 5.11 Å². The Morgan fingerprint density at radius 3 is 2.63 bits per heavy atom. The molecule has 2 heteroatoms. The minimum Gasteiger partial charge on any atom is -0.388 e. The zero-order chi connectivity index (χ0) is 13.1. The van der Waals surface area contributed by atoms with Crippen molar-refractivity contribution in [1.82, 2.24) is 0 Å². The third-order valence-corrected chi connectivity index (χ3v) is 5.38. The van der Waals surface area contributed by atoms with Crippen molar-refractivity contribution in [1.29, 1.82) is 0 Å². The van der Waals surface area contributed by atoms with Gasteiger partial charge in [-0.2, -0.15) is 0 Å². The smallest absolute Gasteiger partial charge is 0.0806 e. The fourth-order valence-electron chi connectivity index (χ4n) is 3.30. The molecule has 1 N–H and O–H groups in total. The van der Waals surface area contributed by atoms with Crippen molar-refractivity contribution in [3.8, 4) is 0 Å². The predicted molar refractivity (Wildman–Crippen MR) is 82.6 cm³/mol. The van der Waals surface area contributed by atoms with Gasteiger partial charge in [-0.3, -0.25) is 0 Å². The summed E-state index contributed by atoms with van der Waals surface area (Å²) in [7, 11) is 0. The predicted octanol–water partition coefficient (Wildman–Crippen LogP) is 5.30. The minimum atomic E-state index is -0.278. The highest BCUT2D eigenvalue weighted by molar-refractivity contribution is 7.17. The molecule has 1 heterocycles. The lowest BCUT2D eigenvalue weighted by atomic mass is 9.91. The van der Waals surface area contributed by atoms with E-state index in [1.54, 1.807) is 11.3 Å². The van der Waals surface area contributed by atoms with E-state index >= 15 is 0 Å². The van der Waals surface area contributed by atoms with Crippen LogP contribution in [-0.2, 0) is 0 Å².